The predicted octanol–water partition coefficient (Wildman–Crippen LogP) is 4.95. The van der Waals surface area contributed by atoms with Crippen molar-refractivity contribution in [3.05, 3.63) is 62.6 Å². The molecule has 0 saturated carbocycles. The van der Waals surface area contributed by atoms with Gasteiger partial charge in [-0.2, -0.15) is 0 Å². The minimum atomic E-state index is -0.300. The molecular weight excluding hydrogens is 373 g/mol. The van der Waals surface area contributed by atoms with Crippen LogP contribution in [0.1, 0.15) is 22.1 Å². The molecule has 0 aromatic heterocycles. The maximum Gasteiger partial charge on any atom is 0.231 e. The molecular formula is C16H12BrCl2NO. The number of benzene rings is 2. The number of nitrogens with zero attached hydrogens (tertiary/aromatic N) is 1. The summed E-state index contributed by atoms with van der Waals surface area (Å²) in [6, 6.07) is 11.5. The number of carbonyl (C=O) groups excluding carboxylic acids is 1. The molecule has 0 fully saturated rings. The highest BCUT2D eigenvalue weighted by molar-refractivity contribution is 9.10. The number of amides is 1. The Bertz CT molecular complexity index is 712. The molecule has 0 radical (unpaired) electrons. The van der Waals surface area contributed by atoms with Gasteiger partial charge < -0.3 is 4.90 Å². The second-order valence-corrected chi connectivity index (χ2v) is 6.87. The molecule has 1 unspecified atom stereocenters. The summed E-state index contributed by atoms with van der Waals surface area (Å²) in [7, 11) is 1.79. The second-order valence-electron chi connectivity index (χ2n) is 5.08. The third-order valence-corrected chi connectivity index (χ3v) is 4.83. The lowest BCUT2D eigenvalue weighted by atomic mass is 10.0. The van der Waals surface area contributed by atoms with Crippen molar-refractivity contribution in [1.29, 1.82) is 0 Å². The molecule has 21 heavy (non-hydrogen) atoms. The Morgan fingerprint density at radius 2 is 1.95 bits per heavy atom. The summed E-state index contributed by atoms with van der Waals surface area (Å²) in [5, 5.41) is 0.340. The van der Waals surface area contributed by atoms with Gasteiger partial charge in [-0.05, 0) is 41.0 Å². The van der Waals surface area contributed by atoms with Crippen molar-refractivity contribution >= 4 is 50.7 Å². The standard InChI is InChI=1S/C16H12BrCl2NO/c1-20-14-3-2-9(4-10(14)7-15(20)21)16(19)11-5-12(17)8-13(18)6-11/h2-6,8,16H,7H2,1H3. The number of hydrogen-bond donors (Lipinski definition) is 0. The molecule has 1 aliphatic rings. The van der Waals surface area contributed by atoms with Crippen molar-refractivity contribution in [2.75, 3.05) is 11.9 Å². The van der Waals surface area contributed by atoms with E-state index in [2.05, 4.69) is 15.9 Å². The fourth-order valence-electron chi connectivity index (χ4n) is 2.56. The Morgan fingerprint density at radius 3 is 2.67 bits per heavy atom. The van der Waals surface area contributed by atoms with Crippen molar-refractivity contribution < 1.29 is 4.79 Å². The van der Waals surface area contributed by atoms with Gasteiger partial charge in [-0.3, -0.25) is 4.79 Å². The third-order valence-electron chi connectivity index (χ3n) is 3.65. The topological polar surface area (TPSA) is 20.3 Å². The van der Waals surface area contributed by atoms with Gasteiger partial charge in [-0.25, -0.2) is 0 Å². The maximum absolute atomic E-state index is 11.7. The molecule has 1 amide bonds. The third kappa shape index (κ3) is 2.83. The van der Waals surface area contributed by atoms with Crippen molar-refractivity contribution in [3.63, 3.8) is 0 Å². The summed E-state index contributed by atoms with van der Waals surface area (Å²) in [6.45, 7) is 0. The monoisotopic (exact) mass is 383 g/mol. The van der Waals surface area contributed by atoms with Crippen LogP contribution in [0.2, 0.25) is 5.02 Å². The fraction of sp³-hybridized carbons (Fsp3) is 0.188. The first-order valence-corrected chi connectivity index (χ1v) is 8.06. The Kier molecular flexibility index (Phi) is 4.00. The van der Waals surface area contributed by atoms with Crippen LogP contribution in [0.25, 0.3) is 0 Å². The van der Waals surface area contributed by atoms with E-state index >= 15 is 0 Å². The minimum Gasteiger partial charge on any atom is -0.315 e. The first-order valence-electron chi connectivity index (χ1n) is 6.45. The van der Waals surface area contributed by atoms with Crippen LogP contribution in [0.3, 0.4) is 0 Å². The van der Waals surface area contributed by atoms with E-state index in [0.29, 0.717) is 11.4 Å². The number of fused-ring (bicyclic) bond motifs is 1. The molecule has 0 spiro atoms. The highest BCUT2D eigenvalue weighted by atomic mass is 79.9. The van der Waals surface area contributed by atoms with Crippen molar-refractivity contribution in [1.82, 2.24) is 0 Å². The molecule has 2 aromatic rings. The van der Waals surface area contributed by atoms with E-state index in [4.69, 9.17) is 23.2 Å². The van der Waals surface area contributed by atoms with Crippen LogP contribution < -0.4 is 4.90 Å². The van der Waals surface area contributed by atoms with E-state index in [0.717, 1.165) is 26.9 Å². The molecule has 0 aliphatic carbocycles. The molecule has 1 heterocycles. The number of alkyl halides is 1. The number of halogens is 3. The molecule has 5 heteroatoms. The van der Waals surface area contributed by atoms with E-state index in [-0.39, 0.29) is 11.3 Å². The summed E-state index contributed by atoms with van der Waals surface area (Å²) in [5.41, 5.74) is 3.87. The lowest BCUT2D eigenvalue weighted by molar-refractivity contribution is -0.117. The van der Waals surface area contributed by atoms with Crippen LogP contribution in [0.5, 0.6) is 0 Å². The molecule has 108 valence electrons. The van der Waals surface area contributed by atoms with Gasteiger partial charge in [0.15, 0.2) is 0 Å². The van der Waals surface area contributed by atoms with Gasteiger partial charge in [-0.15, -0.1) is 11.6 Å². The van der Waals surface area contributed by atoms with Gasteiger partial charge in [0.25, 0.3) is 0 Å². The predicted molar refractivity (Wildman–Crippen MR) is 90.4 cm³/mol. The van der Waals surface area contributed by atoms with Gasteiger partial charge in [0.2, 0.25) is 5.91 Å². The maximum atomic E-state index is 11.7. The van der Waals surface area contributed by atoms with E-state index < -0.39 is 0 Å². The van der Waals surface area contributed by atoms with E-state index in [1.165, 1.54) is 0 Å². The second kappa shape index (κ2) is 5.64. The number of anilines is 1. The summed E-state index contributed by atoms with van der Waals surface area (Å²) in [5.74, 6) is 0.110. The van der Waals surface area contributed by atoms with Crippen molar-refractivity contribution in [3.8, 4) is 0 Å². The van der Waals surface area contributed by atoms with Gasteiger partial charge >= 0.3 is 0 Å². The largest absolute Gasteiger partial charge is 0.315 e. The van der Waals surface area contributed by atoms with Crippen LogP contribution in [-0.4, -0.2) is 13.0 Å². The molecule has 1 atom stereocenters. The van der Waals surface area contributed by atoms with Crippen molar-refractivity contribution in [2.45, 2.75) is 11.8 Å². The van der Waals surface area contributed by atoms with Crippen molar-refractivity contribution in [2.24, 2.45) is 0 Å². The molecule has 0 saturated heterocycles. The quantitative estimate of drug-likeness (QED) is 0.670. The smallest absolute Gasteiger partial charge is 0.231 e. The first kappa shape index (κ1) is 14.9. The van der Waals surface area contributed by atoms with E-state index in [9.17, 15) is 4.79 Å². The zero-order chi connectivity index (χ0) is 15.1. The number of carbonyl (C=O) groups is 1. The van der Waals surface area contributed by atoms with Crippen LogP contribution in [0, 0.1) is 0 Å². The Morgan fingerprint density at radius 1 is 1.19 bits per heavy atom. The number of rotatable bonds is 2. The summed E-state index contributed by atoms with van der Waals surface area (Å²) < 4.78 is 0.895. The van der Waals surface area contributed by atoms with Crippen LogP contribution >= 0.6 is 39.1 Å². The first-order chi connectivity index (χ1) is 9.95. The van der Waals surface area contributed by atoms with Gasteiger partial charge in [0.1, 0.15) is 0 Å². The fourth-order valence-corrected chi connectivity index (χ4v) is 3.71. The van der Waals surface area contributed by atoms with Gasteiger partial charge in [-0.1, -0.05) is 39.7 Å². The normalized spacial score (nSPS) is 15.2. The summed E-state index contributed by atoms with van der Waals surface area (Å²) in [6.07, 6.45) is 0.433. The van der Waals surface area contributed by atoms with Crippen LogP contribution in [0.4, 0.5) is 5.69 Å². The summed E-state index contributed by atoms with van der Waals surface area (Å²) in [4.78, 5) is 13.4. The lowest BCUT2D eigenvalue weighted by Crippen LogP contribution is -2.20. The zero-order valence-corrected chi connectivity index (χ0v) is 14.3. The molecule has 1 aliphatic heterocycles. The highest BCUT2D eigenvalue weighted by Gasteiger charge is 2.25. The number of hydrogen-bond acceptors (Lipinski definition) is 1. The molecule has 0 bridgehead atoms. The lowest BCUT2D eigenvalue weighted by Gasteiger charge is -2.14. The molecule has 3 rings (SSSR count). The van der Waals surface area contributed by atoms with Crippen LogP contribution in [-0.2, 0) is 11.2 Å². The average molecular weight is 385 g/mol. The van der Waals surface area contributed by atoms with E-state index in [1.54, 1.807) is 11.9 Å². The Labute approximate surface area is 141 Å². The SMILES string of the molecule is CN1C(=O)Cc2cc(C(Cl)c3cc(Cl)cc(Br)c3)ccc21. The highest BCUT2D eigenvalue weighted by Crippen LogP contribution is 2.36. The molecule has 2 nitrogen and oxygen atoms in total. The Hall–Kier alpha value is -1.03. The zero-order valence-electron chi connectivity index (χ0n) is 11.2. The van der Waals surface area contributed by atoms with Gasteiger partial charge in [0, 0.05) is 22.2 Å². The Balaban J connectivity index is 1.98. The van der Waals surface area contributed by atoms with Crippen LogP contribution in [0.15, 0.2) is 40.9 Å². The minimum absolute atomic E-state index is 0.110. The van der Waals surface area contributed by atoms with E-state index in [1.807, 2.05) is 36.4 Å². The average Bonchev–Trinajstić information content (AvgIpc) is 2.71. The summed E-state index contributed by atoms with van der Waals surface area (Å²) >= 11 is 16.1. The van der Waals surface area contributed by atoms with Gasteiger partial charge in [0.05, 0.1) is 11.8 Å². The molecule has 0 N–H and O–H groups in total. The number of likely N-dealkylation sites (N-methyl/N-ethyl adjacent to an activating group) is 1. The molecule has 2 aromatic carbocycles.